The van der Waals surface area contributed by atoms with Crippen molar-refractivity contribution in [1.82, 2.24) is 4.98 Å². The molecule has 0 amide bonds. The van der Waals surface area contributed by atoms with E-state index < -0.39 is 5.63 Å². The lowest BCUT2D eigenvalue weighted by Gasteiger charge is -1.98. The minimum absolute atomic E-state index is 0.0128. The van der Waals surface area contributed by atoms with Gasteiger partial charge in [-0.25, -0.2) is 9.78 Å². The van der Waals surface area contributed by atoms with Crippen LogP contribution in [-0.2, 0) is 0 Å². The minimum Gasteiger partial charge on any atom is -0.513 e. The van der Waals surface area contributed by atoms with Crippen LogP contribution < -0.4 is 5.63 Å². The Morgan fingerprint density at radius 2 is 2.31 bits per heavy atom. The third-order valence-electron chi connectivity index (χ3n) is 1.92. The van der Waals surface area contributed by atoms with E-state index in [1.54, 1.807) is 18.2 Å². The summed E-state index contributed by atoms with van der Waals surface area (Å²) in [5.41, 5.74) is 0.291. The Morgan fingerprint density at radius 1 is 1.56 bits per heavy atom. The fourth-order valence-electron chi connectivity index (χ4n) is 1.28. The van der Waals surface area contributed by atoms with Gasteiger partial charge in [0.1, 0.15) is 5.52 Å². The predicted molar refractivity (Wildman–Crippen MR) is 61.6 cm³/mol. The van der Waals surface area contributed by atoms with Crippen LogP contribution >= 0.6 is 11.6 Å². The van der Waals surface area contributed by atoms with Crippen LogP contribution in [0.1, 0.15) is 12.6 Å². The summed E-state index contributed by atoms with van der Waals surface area (Å²) in [6, 6.07) is 4.77. The van der Waals surface area contributed by atoms with Gasteiger partial charge in [-0.3, -0.25) is 0 Å². The number of halogens is 1. The lowest BCUT2D eigenvalue weighted by molar-refractivity contribution is 0.419. The first-order valence-electron chi connectivity index (χ1n) is 4.54. The van der Waals surface area contributed by atoms with Gasteiger partial charge in [-0.2, -0.15) is 0 Å². The molecule has 16 heavy (non-hydrogen) atoms. The van der Waals surface area contributed by atoms with Crippen molar-refractivity contribution >= 4 is 28.8 Å². The van der Waals surface area contributed by atoms with E-state index in [1.165, 1.54) is 13.0 Å². The third kappa shape index (κ3) is 2.06. The summed E-state index contributed by atoms with van der Waals surface area (Å²) in [4.78, 5) is 15.5. The standard InChI is InChI=1S/C11H8ClNO3/c1-6(14)4-9-11(15)16-10-3-2-7(12)5-8(10)13-9/h2-5,14H,1H3. The van der Waals surface area contributed by atoms with Crippen molar-refractivity contribution in [3.8, 4) is 0 Å². The van der Waals surface area contributed by atoms with E-state index in [2.05, 4.69) is 4.98 Å². The monoisotopic (exact) mass is 237 g/mol. The lowest BCUT2D eigenvalue weighted by atomic mass is 10.3. The zero-order valence-corrected chi connectivity index (χ0v) is 9.15. The third-order valence-corrected chi connectivity index (χ3v) is 2.15. The van der Waals surface area contributed by atoms with Crippen LogP contribution in [0, 0.1) is 0 Å². The minimum atomic E-state index is -0.594. The number of nitrogens with zero attached hydrogens (tertiary/aromatic N) is 1. The van der Waals surface area contributed by atoms with Gasteiger partial charge in [-0.15, -0.1) is 0 Å². The molecule has 1 aromatic carbocycles. The van der Waals surface area contributed by atoms with Gasteiger partial charge in [0.05, 0.1) is 5.76 Å². The summed E-state index contributed by atoms with van der Waals surface area (Å²) in [6.07, 6.45) is 1.24. The highest BCUT2D eigenvalue weighted by molar-refractivity contribution is 6.31. The molecule has 0 spiro atoms. The molecule has 0 aliphatic carbocycles. The number of fused-ring (bicyclic) bond motifs is 1. The molecule has 0 fully saturated rings. The molecule has 82 valence electrons. The first kappa shape index (κ1) is 10.7. The van der Waals surface area contributed by atoms with E-state index >= 15 is 0 Å². The molecule has 1 heterocycles. The quantitative estimate of drug-likeness (QED) is 0.775. The van der Waals surface area contributed by atoms with E-state index in [1.807, 2.05) is 0 Å². The summed E-state index contributed by atoms with van der Waals surface area (Å²) in [5.74, 6) is -0.0128. The molecule has 0 aliphatic heterocycles. The summed E-state index contributed by atoms with van der Waals surface area (Å²) in [5, 5.41) is 9.58. The van der Waals surface area contributed by atoms with Gasteiger partial charge in [0.15, 0.2) is 11.3 Å². The Kier molecular flexibility index (Phi) is 2.66. The maximum absolute atomic E-state index is 11.4. The summed E-state index contributed by atoms with van der Waals surface area (Å²) in [7, 11) is 0. The molecule has 0 atom stereocenters. The number of allylic oxidation sites excluding steroid dienone is 1. The van der Waals surface area contributed by atoms with Crippen molar-refractivity contribution in [3.05, 3.63) is 45.1 Å². The Hall–Kier alpha value is -1.81. The zero-order valence-electron chi connectivity index (χ0n) is 8.40. The average molecular weight is 238 g/mol. The lowest BCUT2D eigenvalue weighted by Crippen LogP contribution is -2.06. The zero-order chi connectivity index (χ0) is 11.7. The number of aliphatic hydroxyl groups excluding tert-OH is 1. The molecule has 0 unspecified atom stereocenters. The van der Waals surface area contributed by atoms with E-state index in [0.29, 0.717) is 16.1 Å². The van der Waals surface area contributed by atoms with Crippen LogP contribution in [-0.4, -0.2) is 10.1 Å². The molecule has 2 rings (SSSR count). The largest absolute Gasteiger partial charge is 0.513 e. The SMILES string of the molecule is CC(O)=Cc1nc2cc(Cl)ccc2oc1=O. The van der Waals surface area contributed by atoms with Crippen molar-refractivity contribution in [2.24, 2.45) is 0 Å². The highest BCUT2D eigenvalue weighted by atomic mass is 35.5. The van der Waals surface area contributed by atoms with Gasteiger partial charge >= 0.3 is 5.63 Å². The molecule has 5 heteroatoms. The number of benzene rings is 1. The van der Waals surface area contributed by atoms with Crippen LogP contribution in [0.4, 0.5) is 0 Å². The molecule has 0 radical (unpaired) electrons. The second kappa shape index (κ2) is 3.98. The van der Waals surface area contributed by atoms with E-state index in [4.69, 9.17) is 21.1 Å². The van der Waals surface area contributed by atoms with Crippen molar-refractivity contribution in [3.63, 3.8) is 0 Å². The Bertz CT molecular complexity index is 627. The predicted octanol–water partition coefficient (Wildman–Crippen LogP) is 2.76. The normalized spacial score (nSPS) is 12.0. The molecule has 2 aromatic rings. The molecule has 0 saturated carbocycles. The molecule has 4 nitrogen and oxygen atoms in total. The maximum atomic E-state index is 11.4. The topological polar surface area (TPSA) is 63.3 Å². The van der Waals surface area contributed by atoms with Gasteiger partial charge < -0.3 is 9.52 Å². The number of hydrogen-bond acceptors (Lipinski definition) is 4. The molecular formula is C11H8ClNO3. The summed E-state index contributed by atoms with van der Waals surface area (Å²) in [6.45, 7) is 1.45. The van der Waals surface area contributed by atoms with Crippen LogP contribution in [0.5, 0.6) is 0 Å². The molecule has 1 N–H and O–H groups in total. The fraction of sp³-hybridized carbons (Fsp3) is 0.0909. The molecule has 0 aliphatic rings. The number of hydrogen-bond donors (Lipinski definition) is 1. The maximum Gasteiger partial charge on any atom is 0.362 e. The highest BCUT2D eigenvalue weighted by Gasteiger charge is 2.05. The Balaban J connectivity index is 2.74. The van der Waals surface area contributed by atoms with Gasteiger partial charge in [0.2, 0.25) is 0 Å². The van der Waals surface area contributed by atoms with Crippen LogP contribution in [0.15, 0.2) is 33.2 Å². The molecule has 0 bridgehead atoms. The van der Waals surface area contributed by atoms with Crippen molar-refractivity contribution in [1.29, 1.82) is 0 Å². The van der Waals surface area contributed by atoms with Gasteiger partial charge in [-0.05, 0) is 25.1 Å². The summed E-state index contributed by atoms with van der Waals surface area (Å²) >= 11 is 5.79. The Labute approximate surface area is 95.8 Å². The van der Waals surface area contributed by atoms with E-state index in [-0.39, 0.29) is 11.5 Å². The van der Waals surface area contributed by atoms with Gasteiger partial charge in [0, 0.05) is 11.1 Å². The second-order valence-electron chi connectivity index (χ2n) is 3.28. The summed E-state index contributed by atoms with van der Waals surface area (Å²) < 4.78 is 5.02. The van der Waals surface area contributed by atoms with Crippen molar-refractivity contribution in [2.45, 2.75) is 6.92 Å². The highest BCUT2D eigenvalue weighted by Crippen LogP contribution is 2.16. The second-order valence-corrected chi connectivity index (χ2v) is 3.72. The first-order valence-corrected chi connectivity index (χ1v) is 4.92. The van der Waals surface area contributed by atoms with Crippen LogP contribution in [0.3, 0.4) is 0 Å². The van der Waals surface area contributed by atoms with Crippen LogP contribution in [0.2, 0.25) is 5.02 Å². The fourth-order valence-corrected chi connectivity index (χ4v) is 1.45. The van der Waals surface area contributed by atoms with E-state index in [9.17, 15) is 4.79 Å². The van der Waals surface area contributed by atoms with E-state index in [0.717, 1.165) is 0 Å². The average Bonchev–Trinajstić information content (AvgIpc) is 2.19. The van der Waals surface area contributed by atoms with Gasteiger partial charge in [-0.1, -0.05) is 11.6 Å². The van der Waals surface area contributed by atoms with Gasteiger partial charge in [0.25, 0.3) is 0 Å². The Morgan fingerprint density at radius 3 is 3.00 bits per heavy atom. The van der Waals surface area contributed by atoms with Crippen molar-refractivity contribution < 1.29 is 9.52 Å². The smallest absolute Gasteiger partial charge is 0.362 e. The number of aliphatic hydroxyl groups is 1. The molecule has 0 saturated heterocycles. The molecular weight excluding hydrogens is 230 g/mol. The number of rotatable bonds is 1. The van der Waals surface area contributed by atoms with Crippen molar-refractivity contribution in [2.75, 3.05) is 0 Å². The number of aromatic nitrogens is 1. The molecule has 1 aromatic heterocycles. The first-order chi connectivity index (χ1) is 7.56. The van der Waals surface area contributed by atoms with Crippen LogP contribution in [0.25, 0.3) is 17.2 Å².